The maximum atomic E-state index is 12.1. The van der Waals surface area contributed by atoms with Gasteiger partial charge in [0.25, 0.3) is 5.91 Å². The molecule has 8 heteroatoms. The molecule has 2 aliphatic rings. The number of aromatic nitrogens is 3. The van der Waals surface area contributed by atoms with Crippen LogP contribution in [0.15, 0.2) is 6.20 Å². The van der Waals surface area contributed by atoms with Crippen molar-refractivity contribution in [2.24, 2.45) is 0 Å². The van der Waals surface area contributed by atoms with E-state index in [-0.39, 0.29) is 17.9 Å². The minimum atomic E-state index is -0.185. The van der Waals surface area contributed by atoms with Gasteiger partial charge < -0.3 is 15.5 Å². The van der Waals surface area contributed by atoms with E-state index in [1.54, 1.807) is 17.8 Å². The lowest BCUT2D eigenvalue weighted by Crippen LogP contribution is -2.46. The Bertz CT molecular complexity index is 531. The number of likely N-dealkylation sites (tertiary alicyclic amines) is 1. The van der Waals surface area contributed by atoms with Crippen LogP contribution in [0.5, 0.6) is 0 Å². The highest BCUT2D eigenvalue weighted by Gasteiger charge is 2.25. The predicted octanol–water partition coefficient (Wildman–Crippen LogP) is -0.837. The van der Waals surface area contributed by atoms with Crippen LogP contribution in [0.25, 0.3) is 0 Å². The highest BCUT2D eigenvalue weighted by atomic mass is 16.2. The van der Waals surface area contributed by atoms with Crippen molar-refractivity contribution in [2.75, 3.05) is 26.2 Å². The molecule has 2 N–H and O–H groups in total. The highest BCUT2D eigenvalue weighted by molar-refractivity contribution is 5.92. The molecular weight excluding hydrogens is 272 g/mol. The van der Waals surface area contributed by atoms with Crippen LogP contribution < -0.4 is 10.6 Å². The summed E-state index contributed by atoms with van der Waals surface area (Å²) in [4.78, 5) is 25.2. The van der Waals surface area contributed by atoms with E-state index in [2.05, 4.69) is 20.9 Å². The first-order chi connectivity index (χ1) is 10.1. The Hall–Kier alpha value is -1.96. The topological polar surface area (TPSA) is 92.2 Å². The van der Waals surface area contributed by atoms with E-state index in [1.807, 2.05) is 4.90 Å². The molecule has 0 aliphatic carbocycles. The molecule has 0 radical (unpaired) electrons. The van der Waals surface area contributed by atoms with Gasteiger partial charge in [0.05, 0.1) is 12.2 Å². The van der Waals surface area contributed by atoms with Crippen LogP contribution in [-0.2, 0) is 4.79 Å². The number of piperidine rings is 1. The molecule has 21 heavy (non-hydrogen) atoms. The summed E-state index contributed by atoms with van der Waals surface area (Å²) in [5.74, 6) is -0.0911. The Balaban J connectivity index is 1.52. The summed E-state index contributed by atoms with van der Waals surface area (Å²) in [7, 11) is 0. The molecule has 0 bridgehead atoms. The minimum absolute atomic E-state index is 0.0943. The van der Waals surface area contributed by atoms with Crippen molar-refractivity contribution < 1.29 is 9.59 Å². The molecule has 0 atom stereocenters. The number of hydrogen-bond donors (Lipinski definition) is 2. The Morgan fingerprint density at radius 1 is 1.33 bits per heavy atom. The van der Waals surface area contributed by atoms with E-state index < -0.39 is 0 Å². The van der Waals surface area contributed by atoms with Gasteiger partial charge in [-0.05, 0) is 12.8 Å². The number of nitrogens with one attached hydrogen (secondary N) is 2. The lowest BCUT2D eigenvalue weighted by Gasteiger charge is -2.31. The largest absolute Gasteiger partial charge is 0.348 e. The number of carbonyl (C=O) groups is 2. The lowest BCUT2D eigenvalue weighted by atomic mass is 10.0. The Kier molecular flexibility index (Phi) is 3.87. The van der Waals surface area contributed by atoms with E-state index in [0.29, 0.717) is 24.8 Å². The zero-order valence-electron chi connectivity index (χ0n) is 12.1. The molecule has 0 aromatic carbocycles. The second kappa shape index (κ2) is 5.80. The SMILES string of the molecule is CC(=O)N1CCC(NC(=O)c2cn(C3CNC3)nn2)CC1. The fourth-order valence-electron chi connectivity index (χ4n) is 2.62. The van der Waals surface area contributed by atoms with Crippen LogP contribution in [0.4, 0.5) is 0 Å². The molecule has 2 aliphatic heterocycles. The molecule has 8 nitrogen and oxygen atoms in total. The standard InChI is InChI=1S/C13H20N6O2/c1-9(20)18-4-2-10(3-5-18)15-13(21)12-8-19(17-16-12)11-6-14-7-11/h8,10-11,14H,2-7H2,1H3,(H,15,21). The summed E-state index contributed by atoms with van der Waals surface area (Å²) in [6, 6.07) is 0.404. The first-order valence-corrected chi connectivity index (χ1v) is 7.32. The van der Waals surface area contributed by atoms with Crippen molar-refractivity contribution in [3.63, 3.8) is 0 Å². The molecule has 0 spiro atoms. The smallest absolute Gasteiger partial charge is 0.273 e. The minimum Gasteiger partial charge on any atom is -0.348 e. The van der Waals surface area contributed by atoms with E-state index >= 15 is 0 Å². The quantitative estimate of drug-likeness (QED) is 0.758. The third kappa shape index (κ3) is 3.05. The van der Waals surface area contributed by atoms with Gasteiger partial charge in [0.15, 0.2) is 5.69 Å². The number of rotatable bonds is 3. The summed E-state index contributed by atoms with van der Waals surface area (Å²) in [6.07, 6.45) is 3.27. The Morgan fingerprint density at radius 3 is 2.62 bits per heavy atom. The van der Waals surface area contributed by atoms with Crippen molar-refractivity contribution in [3.05, 3.63) is 11.9 Å². The zero-order chi connectivity index (χ0) is 14.8. The van der Waals surface area contributed by atoms with E-state index in [1.165, 1.54) is 0 Å². The molecule has 3 heterocycles. The van der Waals surface area contributed by atoms with Gasteiger partial charge >= 0.3 is 0 Å². The molecule has 2 amide bonds. The van der Waals surface area contributed by atoms with Crippen LogP contribution >= 0.6 is 0 Å². The average Bonchev–Trinajstić information content (AvgIpc) is 2.86. The van der Waals surface area contributed by atoms with E-state index in [4.69, 9.17) is 0 Å². The average molecular weight is 292 g/mol. The fraction of sp³-hybridized carbons (Fsp3) is 0.692. The number of carbonyl (C=O) groups excluding carboxylic acids is 2. The predicted molar refractivity (Wildman–Crippen MR) is 74.7 cm³/mol. The van der Waals surface area contributed by atoms with Gasteiger partial charge in [-0.3, -0.25) is 9.59 Å². The fourth-order valence-corrected chi connectivity index (χ4v) is 2.62. The third-order valence-electron chi connectivity index (χ3n) is 4.15. The summed E-state index contributed by atoms with van der Waals surface area (Å²) < 4.78 is 1.74. The van der Waals surface area contributed by atoms with Crippen LogP contribution in [0.2, 0.25) is 0 Å². The molecule has 2 fully saturated rings. The summed E-state index contributed by atoms with van der Waals surface area (Å²) >= 11 is 0. The van der Waals surface area contributed by atoms with Crippen LogP contribution in [0.1, 0.15) is 36.3 Å². The van der Waals surface area contributed by atoms with Gasteiger partial charge in [-0.1, -0.05) is 5.21 Å². The highest BCUT2D eigenvalue weighted by Crippen LogP contribution is 2.12. The first kappa shape index (κ1) is 14.0. The van der Waals surface area contributed by atoms with E-state index in [0.717, 1.165) is 25.9 Å². The summed E-state index contributed by atoms with van der Waals surface area (Å²) in [5.41, 5.74) is 0.357. The van der Waals surface area contributed by atoms with Crippen molar-refractivity contribution in [3.8, 4) is 0 Å². The molecule has 0 saturated carbocycles. The zero-order valence-corrected chi connectivity index (χ0v) is 12.1. The maximum Gasteiger partial charge on any atom is 0.273 e. The Labute approximate surface area is 122 Å². The van der Waals surface area contributed by atoms with E-state index in [9.17, 15) is 9.59 Å². The third-order valence-corrected chi connectivity index (χ3v) is 4.15. The lowest BCUT2D eigenvalue weighted by molar-refractivity contribution is -0.129. The molecule has 1 aromatic heterocycles. The van der Waals surface area contributed by atoms with Crippen molar-refractivity contribution in [1.82, 2.24) is 30.5 Å². The van der Waals surface area contributed by atoms with Crippen LogP contribution in [0, 0.1) is 0 Å². The molecule has 1 aromatic rings. The Morgan fingerprint density at radius 2 is 2.05 bits per heavy atom. The second-order valence-electron chi connectivity index (χ2n) is 5.65. The normalized spacial score (nSPS) is 20.1. The molecule has 114 valence electrons. The molecule has 3 rings (SSSR count). The maximum absolute atomic E-state index is 12.1. The van der Waals surface area contributed by atoms with Crippen LogP contribution in [-0.4, -0.2) is 63.9 Å². The number of nitrogens with zero attached hydrogens (tertiary/aromatic N) is 4. The van der Waals surface area contributed by atoms with Gasteiger partial charge in [0.1, 0.15) is 0 Å². The summed E-state index contributed by atoms with van der Waals surface area (Å²) in [5, 5.41) is 14.1. The van der Waals surface area contributed by atoms with Gasteiger partial charge in [-0.2, -0.15) is 0 Å². The molecule has 0 unspecified atom stereocenters. The molecule has 2 saturated heterocycles. The number of hydrogen-bond acceptors (Lipinski definition) is 5. The first-order valence-electron chi connectivity index (χ1n) is 7.32. The van der Waals surface area contributed by atoms with Crippen LogP contribution in [0.3, 0.4) is 0 Å². The number of amides is 2. The second-order valence-corrected chi connectivity index (χ2v) is 5.65. The summed E-state index contributed by atoms with van der Waals surface area (Å²) in [6.45, 7) is 4.70. The van der Waals surface area contributed by atoms with Gasteiger partial charge in [0.2, 0.25) is 5.91 Å². The van der Waals surface area contributed by atoms with Crippen molar-refractivity contribution >= 4 is 11.8 Å². The van der Waals surface area contributed by atoms with Gasteiger partial charge in [0, 0.05) is 39.1 Å². The van der Waals surface area contributed by atoms with Crippen molar-refractivity contribution in [1.29, 1.82) is 0 Å². The van der Waals surface area contributed by atoms with Gasteiger partial charge in [-0.15, -0.1) is 5.10 Å². The monoisotopic (exact) mass is 292 g/mol. The molecular formula is C13H20N6O2. The van der Waals surface area contributed by atoms with Crippen molar-refractivity contribution in [2.45, 2.75) is 31.8 Å². The van der Waals surface area contributed by atoms with Gasteiger partial charge in [-0.25, -0.2) is 4.68 Å².